The highest BCUT2D eigenvalue weighted by atomic mass is 32.2. The summed E-state index contributed by atoms with van der Waals surface area (Å²) in [6, 6.07) is -0.499. The Hall–Kier alpha value is -0.660. The van der Waals surface area contributed by atoms with Gasteiger partial charge < -0.3 is 10.6 Å². The maximum atomic E-state index is 12.0. The lowest BCUT2D eigenvalue weighted by molar-refractivity contribution is -0.131. The van der Waals surface area contributed by atoms with Gasteiger partial charge in [-0.05, 0) is 38.5 Å². The Bertz CT molecular complexity index is 428. The molecule has 1 saturated carbocycles. The topological polar surface area (TPSA) is 92.5 Å². The molecule has 3 N–H and O–H groups in total. The second-order valence-corrected chi connectivity index (χ2v) is 7.82. The van der Waals surface area contributed by atoms with Crippen LogP contribution in [0.5, 0.6) is 0 Å². The van der Waals surface area contributed by atoms with E-state index < -0.39 is 16.1 Å². The fraction of sp³-hybridized carbons (Fsp3) is 0.923. The van der Waals surface area contributed by atoms with E-state index >= 15 is 0 Å². The average molecular weight is 303 g/mol. The third kappa shape index (κ3) is 3.93. The van der Waals surface area contributed by atoms with E-state index in [9.17, 15) is 13.2 Å². The van der Waals surface area contributed by atoms with Gasteiger partial charge in [-0.25, -0.2) is 13.1 Å². The normalized spacial score (nSPS) is 21.8. The van der Waals surface area contributed by atoms with Gasteiger partial charge >= 0.3 is 0 Å². The first-order valence-electron chi connectivity index (χ1n) is 7.53. The van der Waals surface area contributed by atoms with Crippen LogP contribution in [0.4, 0.5) is 0 Å². The van der Waals surface area contributed by atoms with Crippen molar-refractivity contribution in [3.05, 3.63) is 0 Å². The van der Waals surface area contributed by atoms with Crippen LogP contribution in [0.15, 0.2) is 0 Å². The molecule has 116 valence electrons. The first-order chi connectivity index (χ1) is 9.50. The van der Waals surface area contributed by atoms with Crippen molar-refractivity contribution >= 4 is 15.9 Å². The molecule has 6 nitrogen and oxygen atoms in total. The molecule has 0 aromatic rings. The molecule has 1 heterocycles. The highest BCUT2D eigenvalue weighted by molar-refractivity contribution is 7.90. The van der Waals surface area contributed by atoms with Crippen LogP contribution >= 0.6 is 0 Å². The largest absolute Gasteiger partial charge is 0.341 e. The summed E-state index contributed by atoms with van der Waals surface area (Å²) in [4.78, 5) is 13.8. The Morgan fingerprint density at radius 2 is 1.90 bits per heavy atom. The van der Waals surface area contributed by atoms with Crippen molar-refractivity contribution in [3.8, 4) is 0 Å². The minimum absolute atomic E-state index is 0.00403. The molecule has 2 fully saturated rings. The molecule has 2 rings (SSSR count). The third-order valence-corrected chi connectivity index (χ3v) is 6.18. The number of carbonyl (C=O) groups is 1. The number of hydrogen-bond donors (Lipinski definition) is 2. The summed E-state index contributed by atoms with van der Waals surface area (Å²) in [5.41, 5.74) is 5.88. The highest BCUT2D eigenvalue weighted by Gasteiger charge is 2.30. The minimum Gasteiger partial charge on any atom is -0.341 e. The van der Waals surface area contributed by atoms with Gasteiger partial charge in [-0.3, -0.25) is 4.79 Å². The monoisotopic (exact) mass is 303 g/mol. The van der Waals surface area contributed by atoms with Crippen LogP contribution in [0.2, 0.25) is 0 Å². The van der Waals surface area contributed by atoms with Gasteiger partial charge in [0, 0.05) is 19.6 Å². The summed E-state index contributed by atoms with van der Waals surface area (Å²) in [5, 5.41) is -0.206. The van der Waals surface area contributed by atoms with Crippen LogP contribution in [0.1, 0.15) is 44.9 Å². The van der Waals surface area contributed by atoms with E-state index in [-0.39, 0.29) is 11.2 Å². The number of carbonyl (C=O) groups excluding carboxylic acids is 1. The number of nitrogens with two attached hydrogens (primary N) is 1. The molecular formula is C13H25N3O3S. The number of nitrogens with one attached hydrogen (secondary N) is 1. The Balaban J connectivity index is 1.63. The molecule has 2 aliphatic rings. The molecule has 0 bridgehead atoms. The Kier molecular flexibility index (Phi) is 5.40. The van der Waals surface area contributed by atoms with Crippen LogP contribution in [-0.2, 0) is 14.8 Å². The lowest BCUT2D eigenvalue weighted by Gasteiger charge is -2.25. The van der Waals surface area contributed by atoms with Crippen LogP contribution in [0.25, 0.3) is 0 Å². The molecule has 0 aromatic carbocycles. The zero-order valence-corrected chi connectivity index (χ0v) is 12.7. The summed E-state index contributed by atoms with van der Waals surface area (Å²) in [7, 11) is -3.14. The van der Waals surface area contributed by atoms with E-state index in [1.165, 1.54) is 0 Å². The second-order valence-electron chi connectivity index (χ2n) is 5.77. The Morgan fingerprint density at radius 3 is 2.45 bits per heavy atom. The molecule has 1 amide bonds. The maximum Gasteiger partial charge on any atom is 0.239 e. The van der Waals surface area contributed by atoms with E-state index in [4.69, 9.17) is 5.73 Å². The molecule has 20 heavy (non-hydrogen) atoms. The first kappa shape index (κ1) is 15.7. The minimum atomic E-state index is -3.14. The fourth-order valence-electron chi connectivity index (χ4n) is 2.63. The molecule has 1 atom stereocenters. The predicted molar refractivity (Wildman–Crippen MR) is 77.6 cm³/mol. The molecule has 0 radical (unpaired) electrons. The van der Waals surface area contributed by atoms with E-state index in [0.717, 1.165) is 45.2 Å². The predicted octanol–water partition coefficient (Wildman–Crippen LogP) is 0.188. The van der Waals surface area contributed by atoms with Gasteiger partial charge in [-0.2, -0.15) is 0 Å². The molecule has 1 aliphatic carbocycles. The fourth-order valence-corrected chi connectivity index (χ4v) is 4.25. The highest BCUT2D eigenvalue weighted by Crippen LogP contribution is 2.25. The summed E-state index contributed by atoms with van der Waals surface area (Å²) >= 11 is 0. The van der Waals surface area contributed by atoms with Gasteiger partial charge in [0.05, 0.1) is 11.3 Å². The van der Waals surface area contributed by atoms with Gasteiger partial charge in [-0.15, -0.1) is 0 Å². The third-order valence-electron chi connectivity index (χ3n) is 4.22. The van der Waals surface area contributed by atoms with Gasteiger partial charge in [0.15, 0.2) is 0 Å². The maximum absolute atomic E-state index is 12.0. The number of rotatable bonds is 7. The molecule has 0 spiro atoms. The van der Waals surface area contributed by atoms with Gasteiger partial charge in [0.2, 0.25) is 15.9 Å². The molecule has 1 saturated heterocycles. The summed E-state index contributed by atoms with van der Waals surface area (Å²) < 4.78 is 26.2. The lowest BCUT2D eigenvalue weighted by Crippen LogP contribution is -2.43. The smallest absolute Gasteiger partial charge is 0.239 e. The zero-order chi connectivity index (χ0) is 14.6. The standard InChI is InChI=1S/C13H25N3O3S/c14-12(13(17)16-9-1-2-10-16)7-4-8-15-20(18,19)11-5-3-6-11/h11-12,15H,1-10,14H2/t12-/m0/s1. The van der Waals surface area contributed by atoms with Crippen molar-refractivity contribution in [2.75, 3.05) is 19.6 Å². The summed E-state index contributed by atoms with van der Waals surface area (Å²) in [6.45, 7) is 1.99. The van der Waals surface area contributed by atoms with Gasteiger partial charge in [-0.1, -0.05) is 6.42 Å². The first-order valence-corrected chi connectivity index (χ1v) is 9.08. The number of nitrogens with zero attached hydrogens (tertiary/aromatic N) is 1. The Morgan fingerprint density at radius 1 is 1.25 bits per heavy atom. The summed E-state index contributed by atoms with van der Waals surface area (Å²) in [5.74, 6) is 0.00403. The van der Waals surface area contributed by atoms with Crippen molar-refractivity contribution in [2.24, 2.45) is 5.73 Å². The van der Waals surface area contributed by atoms with E-state index in [0.29, 0.717) is 19.4 Å². The van der Waals surface area contributed by atoms with E-state index in [1.807, 2.05) is 4.90 Å². The van der Waals surface area contributed by atoms with Gasteiger partial charge in [0.25, 0.3) is 0 Å². The number of sulfonamides is 1. The van der Waals surface area contributed by atoms with Crippen LogP contribution in [0.3, 0.4) is 0 Å². The molecule has 7 heteroatoms. The molecular weight excluding hydrogens is 278 g/mol. The number of amides is 1. The molecule has 0 aromatic heterocycles. The van der Waals surface area contributed by atoms with E-state index in [1.54, 1.807) is 0 Å². The quantitative estimate of drug-likeness (QED) is 0.657. The van der Waals surface area contributed by atoms with Crippen molar-refractivity contribution in [1.82, 2.24) is 9.62 Å². The number of likely N-dealkylation sites (tertiary alicyclic amines) is 1. The van der Waals surface area contributed by atoms with E-state index in [2.05, 4.69) is 4.72 Å². The van der Waals surface area contributed by atoms with Crippen molar-refractivity contribution in [1.29, 1.82) is 0 Å². The second kappa shape index (κ2) is 6.87. The van der Waals surface area contributed by atoms with Crippen LogP contribution in [-0.4, -0.2) is 50.2 Å². The van der Waals surface area contributed by atoms with Crippen molar-refractivity contribution in [3.63, 3.8) is 0 Å². The van der Waals surface area contributed by atoms with Crippen molar-refractivity contribution < 1.29 is 13.2 Å². The Labute approximate surface area is 121 Å². The average Bonchev–Trinajstić information content (AvgIpc) is 2.84. The van der Waals surface area contributed by atoms with Crippen LogP contribution < -0.4 is 10.5 Å². The van der Waals surface area contributed by atoms with Crippen molar-refractivity contribution in [2.45, 2.75) is 56.2 Å². The SMILES string of the molecule is N[C@@H](CCCNS(=O)(=O)C1CCC1)C(=O)N1CCCC1. The molecule has 0 unspecified atom stereocenters. The van der Waals surface area contributed by atoms with Crippen LogP contribution in [0, 0.1) is 0 Å². The van der Waals surface area contributed by atoms with Gasteiger partial charge in [0.1, 0.15) is 0 Å². The lowest BCUT2D eigenvalue weighted by atomic mass is 10.0. The zero-order valence-electron chi connectivity index (χ0n) is 11.9. The molecule has 1 aliphatic heterocycles. The number of hydrogen-bond acceptors (Lipinski definition) is 4. The summed E-state index contributed by atoms with van der Waals surface area (Å²) in [6.07, 6.45) is 5.78.